The lowest BCUT2D eigenvalue weighted by Gasteiger charge is -2.04. The molecule has 13 heavy (non-hydrogen) atoms. The third kappa shape index (κ3) is 1.31. The molecule has 2 heterocycles. The fourth-order valence-corrected chi connectivity index (χ4v) is 3.77. The molecule has 1 saturated carbocycles. The van der Waals surface area contributed by atoms with E-state index in [-0.39, 0.29) is 6.10 Å². The summed E-state index contributed by atoms with van der Waals surface area (Å²) < 4.78 is 2.64. The van der Waals surface area contributed by atoms with Gasteiger partial charge in [-0.2, -0.15) is 0 Å². The molecule has 0 amide bonds. The van der Waals surface area contributed by atoms with Crippen molar-refractivity contribution in [2.24, 2.45) is 5.92 Å². The molecule has 1 N–H and O–H groups in total. The zero-order valence-corrected chi connectivity index (χ0v) is 8.70. The number of aliphatic hydroxyl groups excluding tert-OH is 1. The first-order valence-electron chi connectivity index (χ1n) is 4.49. The van der Waals surface area contributed by atoms with Crippen molar-refractivity contribution in [1.82, 2.24) is 0 Å². The number of hydrogen-bond acceptors (Lipinski definition) is 3. The molecular formula is C10H10OS2. The third-order valence-electron chi connectivity index (χ3n) is 2.52. The highest BCUT2D eigenvalue weighted by molar-refractivity contribution is 7.26. The van der Waals surface area contributed by atoms with Gasteiger partial charge in [-0.1, -0.05) is 0 Å². The van der Waals surface area contributed by atoms with Gasteiger partial charge >= 0.3 is 0 Å². The fraction of sp³-hybridized carbons (Fsp3) is 0.400. The fourth-order valence-electron chi connectivity index (χ4n) is 1.57. The molecule has 0 aliphatic heterocycles. The molecule has 2 aromatic heterocycles. The second-order valence-corrected chi connectivity index (χ2v) is 5.64. The van der Waals surface area contributed by atoms with E-state index >= 15 is 0 Å². The van der Waals surface area contributed by atoms with Crippen LogP contribution >= 0.6 is 22.7 Å². The Kier molecular flexibility index (Phi) is 1.72. The summed E-state index contributed by atoms with van der Waals surface area (Å²) in [5.74, 6) is 0.549. The van der Waals surface area contributed by atoms with E-state index in [0.29, 0.717) is 5.92 Å². The van der Waals surface area contributed by atoms with Crippen molar-refractivity contribution in [1.29, 1.82) is 0 Å². The van der Waals surface area contributed by atoms with Gasteiger partial charge in [-0.3, -0.25) is 0 Å². The minimum atomic E-state index is -0.190. The monoisotopic (exact) mass is 210 g/mol. The first-order chi connectivity index (χ1) is 6.34. The highest BCUT2D eigenvalue weighted by Crippen LogP contribution is 2.44. The molecule has 1 unspecified atom stereocenters. The summed E-state index contributed by atoms with van der Waals surface area (Å²) in [6.07, 6.45) is 2.21. The van der Waals surface area contributed by atoms with Crippen molar-refractivity contribution in [3.05, 3.63) is 22.4 Å². The van der Waals surface area contributed by atoms with Crippen molar-refractivity contribution in [2.75, 3.05) is 0 Å². The van der Waals surface area contributed by atoms with E-state index in [9.17, 15) is 5.11 Å². The van der Waals surface area contributed by atoms with Crippen LogP contribution < -0.4 is 0 Å². The maximum absolute atomic E-state index is 9.89. The van der Waals surface area contributed by atoms with Gasteiger partial charge in [0.2, 0.25) is 0 Å². The zero-order chi connectivity index (χ0) is 8.84. The van der Waals surface area contributed by atoms with Gasteiger partial charge < -0.3 is 5.11 Å². The lowest BCUT2D eigenvalue weighted by molar-refractivity contribution is 0.157. The smallest absolute Gasteiger partial charge is 0.0910 e. The molecule has 0 spiro atoms. The van der Waals surface area contributed by atoms with Crippen LogP contribution in [0.25, 0.3) is 9.40 Å². The van der Waals surface area contributed by atoms with Crippen LogP contribution in [0.1, 0.15) is 23.8 Å². The van der Waals surface area contributed by atoms with E-state index in [4.69, 9.17) is 0 Å². The van der Waals surface area contributed by atoms with E-state index in [2.05, 4.69) is 17.5 Å². The van der Waals surface area contributed by atoms with E-state index in [1.54, 1.807) is 22.7 Å². The minimum Gasteiger partial charge on any atom is -0.387 e. The molecule has 1 fully saturated rings. The van der Waals surface area contributed by atoms with Crippen LogP contribution in [0.2, 0.25) is 0 Å². The first kappa shape index (κ1) is 7.97. The predicted octanol–water partition coefficient (Wildman–Crippen LogP) is 3.41. The number of fused-ring (bicyclic) bond motifs is 1. The molecule has 68 valence electrons. The average molecular weight is 210 g/mol. The van der Waals surface area contributed by atoms with Crippen molar-refractivity contribution in [3.63, 3.8) is 0 Å². The lowest BCUT2D eigenvalue weighted by atomic mass is 10.2. The van der Waals surface area contributed by atoms with Gasteiger partial charge in [-0.05, 0) is 36.3 Å². The van der Waals surface area contributed by atoms with E-state index in [0.717, 1.165) is 4.88 Å². The standard InChI is InChI=1S/C10H10OS2/c11-10(6-1-2-6)9-5-8-7(13-9)3-4-12-8/h3-6,10-11H,1-2H2. The maximum atomic E-state index is 9.89. The van der Waals surface area contributed by atoms with Crippen LogP contribution in [-0.2, 0) is 0 Å². The summed E-state index contributed by atoms with van der Waals surface area (Å²) in [7, 11) is 0. The number of hydrogen-bond donors (Lipinski definition) is 1. The maximum Gasteiger partial charge on any atom is 0.0910 e. The van der Waals surface area contributed by atoms with E-state index in [1.165, 1.54) is 22.2 Å². The predicted molar refractivity (Wildman–Crippen MR) is 57.4 cm³/mol. The summed E-state index contributed by atoms with van der Waals surface area (Å²) in [4.78, 5) is 1.16. The van der Waals surface area contributed by atoms with Gasteiger partial charge in [0.15, 0.2) is 0 Å². The Morgan fingerprint density at radius 1 is 1.38 bits per heavy atom. The largest absolute Gasteiger partial charge is 0.387 e. The topological polar surface area (TPSA) is 20.2 Å². The summed E-state index contributed by atoms with van der Waals surface area (Å²) in [6, 6.07) is 4.28. The average Bonchev–Trinajstić information content (AvgIpc) is 2.73. The Balaban J connectivity index is 2.01. The highest BCUT2D eigenvalue weighted by atomic mass is 32.1. The van der Waals surface area contributed by atoms with Crippen molar-refractivity contribution in [3.8, 4) is 0 Å². The Hall–Kier alpha value is -0.380. The van der Waals surface area contributed by atoms with Crippen molar-refractivity contribution < 1.29 is 5.11 Å². The molecule has 1 nitrogen and oxygen atoms in total. The molecule has 0 bridgehead atoms. The quantitative estimate of drug-likeness (QED) is 0.805. The Morgan fingerprint density at radius 2 is 2.23 bits per heavy atom. The molecule has 0 aromatic carbocycles. The van der Waals surface area contributed by atoms with Gasteiger partial charge in [0.1, 0.15) is 0 Å². The molecule has 3 rings (SSSR count). The number of thiophene rings is 2. The van der Waals surface area contributed by atoms with Gasteiger partial charge in [-0.15, -0.1) is 22.7 Å². The highest BCUT2D eigenvalue weighted by Gasteiger charge is 2.31. The van der Waals surface area contributed by atoms with E-state index in [1.807, 2.05) is 0 Å². The summed E-state index contributed by atoms with van der Waals surface area (Å²) >= 11 is 3.50. The van der Waals surface area contributed by atoms with Crippen LogP contribution in [0.15, 0.2) is 17.5 Å². The number of aliphatic hydroxyl groups is 1. The van der Waals surface area contributed by atoms with Crippen molar-refractivity contribution >= 4 is 32.1 Å². The minimum absolute atomic E-state index is 0.190. The van der Waals surface area contributed by atoms with Crippen LogP contribution in [0.4, 0.5) is 0 Å². The summed E-state index contributed by atoms with van der Waals surface area (Å²) in [5.41, 5.74) is 0. The molecule has 1 aliphatic rings. The zero-order valence-electron chi connectivity index (χ0n) is 7.06. The molecule has 1 aliphatic carbocycles. The Labute approximate surface area is 84.6 Å². The van der Waals surface area contributed by atoms with Crippen LogP contribution in [0.5, 0.6) is 0 Å². The van der Waals surface area contributed by atoms with Gasteiger partial charge in [0, 0.05) is 14.3 Å². The second-order valence-electron chi connectivity index (χ2n) is 3.58. The Bertz CT molecular complexity index is 396. The summed E-state index contributed by atoms with van der Waals surface area (Å²) in [6.45, 7) is 0. The van der Waals surface area contributed by atoms with Crippen molar-refractivity contribution in [2.45, 2.75) is 18.9 Å². The Morgan fingerprint density at radius 3 is 2.92 bits per heavy atom. The van der Waals surface area contributed by atoms with Crippen LogP contribution in [0.3, 0.4) is 0 Å². The number of rotatable bonds is 2. The lowest BCUT2D eigenvalue weighted by Crippen LogP contribution is -1.95. The molecule has 3 heteroatoms. The second kappa shape index (κ2) is 2.80. The summed E-state index contributed by atoms with van der Waals surface area (Å²) in [5, 5.41) is 12.0. The normalized spacial score (nSPS) is 19.5. The van der Waals surface area contributed by atoms with Crippen LogP contribution in [0, 0.1) is 5.92 Å². The van der Waals surface area contributed by atoms with Gasteiger partial charge in [-0.25, -0.2) is 0 Å². The van der Waals surface area contributed by atoms with Gasteiger partial charge in [0.25, 0.3) is 0 Å². The SMILES string of the molecule is OC(c1cc2sccc2s1)C1CC1. The molecule has 1 atom stereocenters. The molecule has 0 radical (unpaired) electrons. The van der Waals surface area contributed by atoms with Gasteiger partial charge in [0.05, 0.1) is 6.10 Å². The van der Waals surface area contributed by atoms with E-state index < -0.39 is 0 Å². The molecule has 2 aromatic rings. The third-order valence-corrected chi connectivity index (χ3v) is 4.68. The van der Waals surface area contributed by atoms with Crippen LogP contribution in [-0.4, -0.2) is 5.11 Å². The molecule has 0 saturated heterocycles. The first-order valence-corrected chi connectivity index (χ1v) is 6.19. The molecular weight excluding hydrogens is 200 g/mol.